The molecule has 0 radical (unpaired) electrons. The SMILES string of the molecule is CCCC1(OC(=O)C(Br)Br)CCNCC1. The quantitative estimate of drug-likeness (QED) is 0.630. The van der Waals surface area contributed by atoms with Crippen LogP contribution in [0.5, 0.6) is 0 Å². The van der Waals surface area contributed by atoms with Crippen LogP contribution in [0, 0.1) is 0 Å². The topological polar surface area (TPSA) is 38.3 Å². The maximum Gasteiger partial charge on any atom is 0.331 e. The molecule has 1 rings (SSSR count). The molecular weight excluding hydrogens is 326 g/mol. The van der Waals surface area contributed by atoms with Gasteiger partial charge >= 0.3 is 5.97 Å². The summed E-state index contributed by atoms with van der Waals surface area (Å²) in [6, 6.07) is 0. The van der Waals surface area contributed by atoms with Crippen LogP contribution in [-0.4, -0.2) is 28.4 Å². The summed E-state index contributed by atoms with van der Waals surface area (Å²) in [7, 11) is 0. The fourth-order valence-corrected chi connectivity index (χ4v) is 2.19. The van der Waals surface area contributed by atoms with Gasteiger partial charge in [-0.2, -0.15) is 0 Å². The number of carbonyl (C=O) groups excluding carboxylic acids is 1. The molecule has 1 fully saturated rings. The second-order valence-electron chi connectivity index (χ2n) is 3.90. The molecule has 0 aromatic heterocycles. The number of halogens is 2. The van der Waals surface area contributed by atoms with Gasteiger partial charge in [0.15, 0.2) is 3.74 Å². The number of nitrogens with one attached hydrogen (secondary N) is 1. The van der Waals surface area contributed by atoms with Crippen molar-refractivity contribution in [2.24, 2.45) is 0 Å². The van der Waals surface area contributed by atoms with E-state index in [-0.39, 0.29) is 11.6 Å². The van der Waals surface area contributed by atoms with Gasteiger partial charge in [-0.15, -0.1) is 0 Å². The molecule has 0 unspecified atom stereocenters. The van der Waals surface area contributed by atoms with Crippen LogP contribution >= 0.6 is 31.9 Å². The van der Waals surface area contributed by atoms with Crippen molar-refractivity contribution in [3.8, 4) is 0 Å². The molecule has 0 aliphatic carbocycles. The number of carbonyl (C=O) groups is 1. The Morgan fingerprint density at radius 3 is 2.53 bits per heavy atom. The first-order valence-corrected chi connectivity index (χ1v) is 7.14. The number of ether oxygens (including phenoxy) is 1. The highest BCUT2D eigenvalue weighted by molar-refractivity contribution is 9.25. The van der Waals surface area contributed by atoms with E-state index >= 15 is 0 Å². The summed E-state index contributed by atoms with van der Waals surface area (Å²) in [5.41, 5.74) is -0.239. The first-order valence-electron chi connectivity index (χ1n) is 5.31. The Bertz CT molecular complexity index is 210. The lowest BCUT2D eigenvalue weighted by Gasteiger charge is -2.37. The molecule has 1 aliphatic rings. The van der Waals surface area contributed by atoms with Gasteiger partial charge < -0.3 is 10.1 Å². The summed E-state index contributed by atoms with van der Waals surface area (Å²) in [6.07, 6.45) is 3.83. The third-order valence-corrected chi connectivity index (χ3v) is 3.46. The molecule has 5 heteroatoms. The van der Waals surface area contributed by atoms with E-state index in [0.29, 0.717) is 0 Å². The predicted molar refractivity (Wildman–Crippen MR) is 67.5 cm³/mol. The molecule has 0 aromatic carbocycles. The van der Waals surface area contributed by atoms with E-state index in [1.807, 2.05) is 0 Å². The smallest absolute Gasteiger partial charge is 0.331 e. The molecule has 15 heavy (non-hydrogen) atoms. The van der Waals surface area contributed by atoms with E-state index in [0.717, 1.165) is 38.8 Å². The van der Waals surface area contributed by atoms with Gasteiger partial charge in [0.05, 0.1) is 0 Å². The lowest BCUT2D eigenvalue weighted by Crippen LogP contribution is -2.45. The van der Waals surface area contributed by atoms with Crippen molar-refractivity contribution < 1.29 is 9.53 Å². The molecule has 0 aromatic rings. The zero-order valence-electron chi connectivity index (χ0n) is 8.89. The molecule has 1 N–H and O–H groups in total. The van der Waals surface area contributed by atoms with E-state index in [9.17, 15) is 4.79 Å². The molecule has 0 amide bonds. The first kappa shape index (κ1) is 13.5. The van der Waals surface area contributed by atoms with Crippen LogP contribution in [-0.2, 0) is 9.53 Å². The van der Waals surface area contributed by atoms with Crippen molar-refractivity contribution in [3.05, 3.63) is 0 Å². The Balaban J connectivity index is 2.59. The molecule has 0 atom stereocenters. The highest BCUT2D eigenvalue weighted by atomic mass is 79.9. The van der Waals surface area contributed by atoms with Crippen molar-refractivity contribution in [2.45, 2.75) is 41.9 Å². The van der Waals surface area contributed by atoms with Crippen molar-refractivity contribution in [3.63, 3.8) is 0 Å². The lowest BCUT2D eigenvalue weighted by atomic mass is 9.87. The van der Waals surface area contributed by atoms with E-state index in [1.165, 1.54) is 0 Å². The second-order valence-corrected chi connectivity index (χ2v) is 6.96. The number of hydrogen-bond donors (Lipinski definition) is 1. The Labute approximate surface area is 108 Å². The van der Waals surface area contributed by atoms with E-state index in [1.54, 1.807) is 0 Å². The molecule has 1 saturated heterocycles. The number of esters is 1. The van der Waals surface area contributed by atoms with Crippen molar-refractivity contribution in [2.75, 3.05) is 13.1 Å². The summed E-state index contributed by atoms with van der Waals surface area (Å²) in [4.78, 5) is 11.6. The third kappa shape index (κ3) is 4.04. The number of rotatable bonds is 4. The first-order chi connectivity index (χ1) is 7.09. The van der Waals surface area contributed by atoms with Gasteiger partial charge in [-0.25, -0.2) is 4.79 Å². The predicted octanol–water partition coefficient (Wildman–Crippen LogP) is 2.57. The zero-order valence-corrected chi connectivity index (χ0v) is 12.1. The van der Waals surface area contributed by atoms with E-state index in [2.05, 4.69) is 44.1 Å². The largest absolute Gasteiger partial charge is 0.458 e. The number of piperidine rings is 1. The number of hydrogen-bond acceptors (Lipinski definition) is 3. The molecule has 88 valence electrons. The highest BCUT2D eigenvalue weighted by Gasteiger charge is 2.35. The van der Waals surface area contributed by atoms with Gasteiger partial charge in [-0.05, 0) is 32.4 Å². The molecule has 3 nitrogen and oxygen atoms in total. The van der Waals surface area contributed by atoms with Gasteiger partial charge in [-0.3, -0.25) is 0 Å². The van der Waals surface area contributed by atoms with Crippen LogP contribution in [0.2, 0.25) is 0 Å². The average Bonchev–Trinajstić information content (AvgIpc) is 2.19. The van der Waals surface area contributed by atoms with Crippen LogP contribution in [0.25, 0.3) is 0 Å². The molecule has 1 heterocycles. The van der Waals surface area contributed by atoms with Gasteiger partial charge in [-0.1, -0.05) is 45.2 Å². The Hall–Kier alpha value is 0.390. The summed E-state index contributed by atoms with van der Waals surface area (Å²) in [6.45, 7) is 3.99. The lowest BCUT2D eigenvalue weighted by molar-refractivity contribution is -0.160. The van der Waals surface area contributed by atoms with Gasteiger partial charge in [0.1, 0.15) is 5.60 Å². The minimum atomic E-state index is -0.395. The third-order valence-electron chi connectivity index (χ3n) is 2.72. The Morgan fingerprint density at radius 2 is 2.07 bits per heavy atom. The maximum absolute atomic E-state index is 11.6. The van der Waals surface area contributed by atoms with Crippen LogP contribution in [0.3, 0.4) is 0 Å². The molecule has 1 aliphatic heterocycles. The Kier molecular flexibility index (Phi) is 5.57. The monoisotopic (exact) mass is 341 g/mol. The second kappa shape index (κ2) is 6.21. The summed E-state index contributed by atoms with van der Waals surface area (Å²) in [5.74, 6) is -0.217. The van der Waals surface area contributed by atoms with Crippen LogP contribution in [0.15, 0.2) is 0 Å². The summed E-state index contributed by atoms with van der Waals surface area (Å²) >= 11 is 6.34. The summed E-state index contributed by atoms with van der Waals surface area (Å²) < 4.78 is 5.21. The normalized spacial score (nSPS) is 20.3. The van der Waals surface area contributed by atoms with E-state index in [4.69, 9.17) is 4.74 Å². The molecule has 0 bridgehead atoms. The minimum Gasteiger partial charge on any atom is -0.458 e. The van der Waals surface area contributed by atoms with E-state index < -0.39 is 3.74 Å². The van der Waals surface area contributed by atoms with Crippen LogP contribution in [0.4, 0.5) is 0 Å². The standard InChI is InChI=1S/C10H17Br2NO2/c1-2-3-10(4-6-13-7-5-10)15-9(14)8(11)12/h8,13H,2-7H2,1H3. The van der Waals surface area contributed by atoms with Gasteiger partial charge in [0.25, 0.3) is 0 Å². The van der Waals surface area contributed by atoms with Gasteiger partial charge in [0, 0.05) is 0 Å². The van der Waals surface area contributed by atoms with Crippen LogP contribution < -0.4 is 5.32 Å². The minimum absolute atomic E-state index is 0.217. The fourth-order valence-electron chi connectivity index (χ4n) is 2.00. The molecular formula is C10H17Br2NO2. The van der Waals surface area contributed by atoms with Gasteiger partial charge in [0.2, 0.25) is 0 Å². The molecule has 0 spiro atoms. The maximum atomic E-state index is 11.6. The average molecular weight is 343 g/mol. The highest BCUT2D eigenvalue weighted by Crippen LogP contribution is 2.30. The van der Waals surface area contributed by atoms with Crippen molar-refractivity contribution in [1.29, 1.82) is 0 Å². The van der Waals surface area contributed by atoms with Crippen molar-refractivity contribution in [1.82, 2.24) is 5.32 Å². The number of alkyl halides is 2. The van der Waals surface area contributed by atoms with Crippen molar-refractivity contribution >= 4 is 37.8 Å². The zero-order chi connectivity index (χ0) is 11.3. The van der Waals surface area contributed by atoms with Crippen LogP contribution in [0.1, 0.15) is 32.6 Å². The Morgan fingerprint density at radius 1 is 1.47 bits per heavy atom. The fraction of sp³-hybridized carbons (Fsp3) is 0.900. The summed E-state index contributed by atoms with van der Waals surface area (Å²) in [5, 5.41) is 3.29. The molecule has 0 saturated carbocycles.